The number of fused-ring (bicyclic) bond motifs is 1. The fourth-order valence-electron chi connectivity index (χ4n) is 4.16. The molecule has 150 valence electrons. The highest BCUT2D eigenvalue weighted by atomic mass is 16.5. The van der Waals surface area contributed by atoms with Crippen molar-refractivity contribution >= 4 is 5.91 Å². The van der Waals surface area contributed by atoms with E-state index < -0.39 is 0 Å². The zero-order chi connectivity index (χ0) is 20.7. The maximum absolute atomic E-state index is 13.2. The van der Waals surface area contributed by atoms with Crippen molar-refractivity contribution in [2.24, 2.45) is 0 Å². The lowest BCUT2D eigenvalue weighted by Gasteiger charge is -2.26. The third kappa shape index (κ3) is 3.19. The number of ether oxygens (including phenoxy) is 1. The van der Waals surface area contributed by atoms with E-state index in [1.54, 1.807) is 18.1 Å². The SMILES string of the molecule is COCCN1C(=O)c2[nH]nc(-c3c(C)cc(C)cc3O)c2C1c1ccc(C)cc1. The number of phenolic OH excluding ortho intramolecular Hbond substituents is 1. The summed E-state index contributed by atoms with van der Waals surface area (Å²) in [4.78, 5) is 15.0. The van der Waals surface area contributed by atoms with E-state index in [1.165, 1.54) is 0 Å². The predicted molar refractivity (Wildman–Crippen MR) is 111 cm³/mol. The third-order valence-electron chi connectivity index (χ3n) is 5.49. The van der Waals surface area contributed by atoms with Gasteiger partial charge in [-0.3, -0.25) is 9.89 Å². The van der Waals surface area contributed by atoms with Crippen molar-refractivity contribution in [3.63, 3.8) is 0 Å². The summed E-state index contributed by atoms with van der Waals surface area (Å²) < 4.78 is 5.24. The molecular weight excluding hydrogens is 366 g/mol. The number of benzene rings is 2. The number of phenols is 1. The minimum Gasteiger partial charge on any atom is -0.507 e. The molecule has 1 aliphatic rings. The van der Waals surface area contributed by atoms with Crippen LogP contribution < -0.4 is 0 Å². The van der Waals surface area contributed by atoms with Gasteiger partial charge in [0.05, 0.1) is 12.6 Å². The standard InChI is InChI=1S/C23H25N3O3/c1-13-5-7-16(8-6-13)22-19-20(18-15(3)11-14(2)12-17(18)27)24-25-21(19)23(28)26(22)9-10-29-4/h5-8,11-12,22,27H,9-10H2,1-4H3,(H,24,25). The summed E-state index contributed by atoms with van der Waals surface area (Å²) in [6.07, 6.45) is 0. The molecule has 0 saturated heterocycles. The number of carbonyl (C=O) groups excluding carboxylic acids is 1. The lowest BCUT2D eigenvalue weighted by Crippen LogP contribution is -2.32. The number of H-pyrrole nitrogens is 1. The molecule has 6 nitrogen and oxygen atoms in total. The molecule has 6 heteroatoms. The Kier molecular flexibility index (Phi) is 4.88. The smallest absolute Gasteiger partial charge is 0.273 e. The van der Waals surface area contributed by atoms with Crippen LogP contribution >= 0.6 is 0 Å². The van der Waals surface area contributed by atoms with Crippen LogP contribution in [0.1, 0.15) is 44.3 Å². The fraction of sp³-hybridized carbons (Fsp3) is 0.304. The molecule has 2 N–H and O–H groups in total. The molecule has 0 fully saturated rings. The molecule has 1 aliphatic heterocycles. The monoisotopic (exact) mass is 391 g/mol. The van der Waals surface area contributed by atoms with Gasteiger partial charge in [0, 0.05) is 24.8 Å². The molecule has 3 aromatic rings. The Morgan fingerprint density at radius 3 is 2.52 bits per heavy atom. The van der Waals surface area contributed by atoms with Crippen LogP contribution in [0, 0.1) is 20.8 Å². The number of rotatable bonds is 5. The van der Waals surface area contributed by atoms with Crippen molar-refractivity contribution in [3.05, 3.63) is 69.9 Å². The summed E-state index contributed by atoms with van der Waals surface area (Å²) in [6, 6.07) is 11.6. The van der Waals surface area contributed by atoms with Crippen LogP contribution in [-0.2, 0) is 4.74 Å². The molecule has 0 bridgehead atoms. The van der Waals surface area contributed by atoms with Crippen LogP contribution in [-0.4, -0.2) is 46.4 Å². The maximum atomic E-state index is 13.2. The zero-order valence-electron chi connectivity index (χ0n) is 17.1. The van der Waals surface area contributed by atoms with Gasteiger partial charge in [0.1, 0.15) is 17.1 Å². The highest BCUT2D eigenvalue weighted by Crippen LogP contribution is 2.45. The minimum atomic E-state index is -0.290. The topological polar surface area (TPSA) is 78.5 Å². The molecule has 1 unspecified atom stereocenters. The van der Waals surface area contributed by atoms with Crippen molar-refractivity contribution < 1.29 is 14.6 Å². The number of methoxy groups -OCH3 is 1. The molecule has 1 amide bonds. The first-order chi connectivity index (χ1) is 13.9. The lowest BCUT2D eigenvalue weighted by atomic mass is 9.93. The number of nitrogens with one attached hydrogen (secondary N) is 1. The van der Waals surface area contributed by atoms with Crippen molar-refractivity contribution in [1.29, 1.82) is 0 Å². The molecule has 1 aromatic heterocycles. The molecule has 0 saturated carbocycles. The van der Waals surface area contributed by atoms with Crippen LogP contribution in [0.25, 0.3) is 11.3 Å². The number of aromatic amines is 1. The Morgan fingerprint density at radius 2 is 1.86 bits per heavy atom. The van der Waals surface area contributed by atoms with Gasteiger partial charge in [0.15, 0.2) is 0 Å². The molecule has 2 heterocycles. The summed E-state index contributed by atoms with van der Waals surface area (Å²) in [7, 11) is 1.63. The van der Waals surface area contributed by atoms with E-state index >= 15 is 0 Å². The summed E-state index contributed by atoms with van der Waals surface area (Å²) in [5.74, 6) is 0.0628. The molecule has 0 aliphatic carbocycles. The first-order valence-electron chi connectivity index (χ1n) is 9.67. The number of carbonyl (C=O) groups is 1. The van der Waals surface area contributed by atoms with Gasteiger partial charge in [-0.05, 0) is 43.5 Å². The second kappa shape index (κ2) is 7.37. The molecule has 0 spiro atoms. The second-order valence-corrected chi connectivity index (χ2v) is 7.64. The van der Waals surface area contributed by atoms with Gasteiger partial charge in [-0.15, -0.1) is 0 Å². The Bertz CT molecular complexity index is 1050. The van der Waals surface area contributed by atoms with Crippen LogP contribution in [0.5, 0.6) is 5.75 Å². The Morgan fingerprint density at radius 1 is 1.14 bits per heavy atom. The first-order valence-corrected chi connectivity index (χ1v) is 9.67. The van der Waals surface area contributed by atoms with E-state index in [-0.39, 0.29) is 17.7 Å². The second-order valence-electron chi connectivity index (χ2n) is 7.64. The van der Waals surface area contributed by atoms with Crippen molar-refractivity contribution in [2.75, 3.05) is 20.3 Å². The average Bonchev–Trinajstić information content (AvgIpc) is 3.20. The quantitative estimate of drug-likeness (QED) is 0.691. The highest BCUT2D eigenvalue weighted by molar-refractivity contribution is 6.00. The van der Waals surface area contributed by atoms with Gasteiger partial charge in [0.25, 0.3) is 5.91 Å². The van der Waals surface area contributed by atoms with Gasteiger partial charge < -0.3 is 14.7 Å². The van der Waals surface area contributed by atoms with Gasteiger partial charge in [-0.1, -0.05) is 35.9 Å². The van der Waals surface area contributed by atoms with Gasteiger partial charge in [-0.2, -0.15) is 5.10 Å². The van der Waals surface area contributed by atoms with E-state index in [4.69, 9.17) is 4.74 Å². The van der Waals surface area contributed by atoms with Crippen LogP contribution in [0.15, 0.2) is 36.4 Å². The molecular formula is C23H25N3O3. The van der Waals surface area contributed by atoms with Crippen molar-refractivity contribution in [3.8, 4) is 17.0 Å². The maximum Gasteiger partial charge on any atom is 0.273 e. The normalized spacial score (nSPS) is 15.8. The van der Waals surface area contributed by atoms with E-state index in [1.807, 2.05) is 51.1 Å². The molecule has 1 atom stereocenters. The van der Waals surface area contributed by atoms with Crippen molar-refractivity contribution in [1.82, 2.24) is 15.1 Å². The minimum absolute atomic E-state index is 0.106. The van der Waals surface area contributed by atoms with Gasteiger partial charge in [0.2, 0.25) is 0 Å². The summed E-state index contributed by atoms with van der Waals surface area (Å²) >= 11 is 0. The third-order valence-corrected chi connectivity index (χ3v) is 5.49. The number of aryl methyl sites for hydroxylation is 3. The predicted octanol–water partition coefficient (Wildman–Crippen LogP) is 3.90. The molecule has 29 heavy (non-hydrogen) atoms. The number of aromatic nitrogens is 2. The molecule has 2 aromatic carbocycles. The zero-order valence-corrected chi connectivity index (χ0v) is 17.1. The summed E-state index contributed by atoms with van der Waals surface area (Å²) in [6.45, 7) is 6.83. The van der Waals surface area contributed by atoms with E-state index in [0.717, 1.165) is 27.8 Å². The molecule has 0 radical (unpaired) electrons. The summed E-state index contributed by atoms with van der Waals surface area (Å²) in [5, 5.41) is 18.1. The van der Waals surface area contributed by atoms with E-state index in [2.05, 4.69) is 10.2 Å². The number of nitrogens with zero attached hydrogens (tertiary/aromatic N) is 2. The Hall–Kier alpha value is -3.12. The average molecular weight is 391 g/mol. The van der Waals surface area contributed by atoms with Crippen molar-refractivity contribution in [2.45, 2.75) is 26.8 Å². The van der Waals surface area contributed by atoms with E-state index in [9.17, 15) is 9.90 Å². The summed E-state index contributed by atoms with van der Waals surface area (Å²) in [5.41, 5.74) is 6.61. The molecule has 4 rings (SSSR count). The van der Waals surface area contributed by atoms with E-state index in [0.29, 0.717) is 30.1 Å². The van der Waals surface area contributed by atoms with Gasteiger partial charge >= 0.3 is 0 Å². The van der Waals surface area contributed by atoms with Crippen LogP contribution in [0.4, 0.5) is 0 Å². The number of amides is 1. The first kappa shape index (κ1) is 19.2. The fourth-order valence-corrected chi connectivity index (χ4v) is 4.16. The number of hydrogen-bond acceptors (Lipinski definition) is 4. The Labute approximate surface area is 170 Å². The number of hydrogen-bond donors (Lipinski definition) is 2. The van der Waals surface area contributed by atoms with Gasteiger partial charge in [-0.25, -0.2) is 0 Å². The van der Waals surface area contributed by atoms with Crippen LogP contribution in [0.2, 0.25) is 0 Å². The number of aromatic hydroxyl groups is 1. The lowest BCUT2D eigenvalue weighted by molar-refractivity contribution is 0.0677. The highest BCUT2D eigenvalue weighted by Gasteiger charge is 2.42. The van der Waals surface area contributed by atoms with Crippen LogP contribution in [0.3, 0.4) is 0 Å². The largest absolute Gasteiger partial charge is 0.507 e. The Balaban J connectivity index is 1.91.